The van der Waals surface area contributed by atoms with Crippen LogP contribution in [0.1, 0.15) is 81.2 Å². The van der Waals surface area contributed by atoms with Crippen LogP contribution in [0.25, 0.3) is 0 Å². The third-order valence-corrected chi connectivity index (χ3v) is 12.0. The Morgan fingerprint density at radius 3 is 1.54 bits per heavy atom. The lowest BCUT2D eigenvalue weighted by Crippen LogP contribution is -2.51. The highest BCUT2D eigenvalue weighted by Gasteiger charge is 2.47. The second-order valence-electron chi connectivity index (χ2n) is 15.7. The number of carbonyl (C=O) groups excluding carboxylic acids is 2. The first-order valence-electron chi connectivity index (χ1n) is 19.3. The molecule has 0 unspecified atom stereocenters. The zero-order valence-electron chi connectivity index (χ0n) is 32.3. The van der Waals surface area contributed by atoms with Gasteiger partial charge in [0.25, 0.3) is 0 Å². The average molecular weight is 739 g/mol. The number of likely N-dealkylation sites (tertiary alicyclic amines) is 1. The van der Waals surface area contributed by atoms with Crippen LogP contribution in [0.3, 0.4) is 0 Å². The molecule has 5 nitrogen and oxygen atoms in total. The standard InChI is InChI=1S/C48H54N2O3S/c1-36(2)33-45(51)49(34-42(37-21-11-6-12-22-37)38-23-13-7-14-24-38)35-43-44(31-32-50(43)46(52)53-47(3,4)5)54-48(39-25-15-8-16-26-39,40-27-17-9-18-28-40)41-29-19-10-20-30-41/h6-30,36,42-44H,31-35H2,1-5H3/t43-,44-/m0/s1. The van der Waals surface area contributed by atoms with E-state index in [2.05, 4.69) is 153 Å². The van der Waals surface area contributed by atoms with Gasteiger partial charge in [-0.1, -0.05) is 166 Å². The molecule has 280 valence electrons. The molecule has 5 aromatic rings. The van der Waals surface area contributed by atoms with Crippen LogP contribution in [0.4, 0.5) is 4.79 Å². The van der Waals surface area contributed by atoms with Crippen molar-refractivity contribution in [2.24, 2.45) is 5.92 Å². The summed E-state index contributed by atoms with van der Waals surface area (Å²) in [6.45, 7) is 11.4. The summed E-state index contributed by atoms with van der Waals surface area (Å²) in [5.41, 5.74) is 5.16. The van der Waals surface area contributed by atoms with Gasteiger partial charge in [0.15, 0.2) is 0 Å². The van der Waals surface area contributed by atoms with E-state index in [9.17, 15) is 9.59 Å². The number of amides is 2. The van der Waals surface area contributed by atoms with E-state index in [1.165, 1.54) is 16.7 Å². The van der Waals surface area contributed by atoms with Crippen molar-refractivity contribution >= 4 is 23.8 Å². The van der Waals surface area contributed by atoms with Crippen molar-refractivity contribution in [3.05, 3.63) is 179 Å². The monoisotopic (exact) mass is 738 g/mol. The second kappa shape index (κ2) is 17.6. The fraction of sp³-hybridized carbons (Fsp3) is 0.333. The first-order chi connectivity index (χ1) is 26.0. The Bertz CT molecular complexity index is 1780. The van der Waals surface area contributed by atoms with Gasteiger partial charge in [0.05, 0.1) is 10.8 Å². The molecule has 1 heterocycles. The molecule has 54 heavy (non-hydrogen) atoms. The van der Waals surface area contributed by atoms with Crippen LogP contribution in [0.5, 0.6) is 0 Å². The maximum absolute atomic E-state index is 14.5. The zero-order chi connectivity index (χ0) is 38.1. The van der Waals surface area contributed by atoms with Crippen LogP contribution in [-0.4, -0.2) is 58.3 Å². The molecular weight excluding hydrogens is 685 g/mol. The van der Waals surface area contributed by atoms with Crippen molar-refractivity contribution in [1.29, 1.82) is 0 Å². The van der Waals surface area contributed by atoms with Gasteiger partial charge in [-0.2, -0.15) is 0 Å². The zero-order valence-corrected chi connectivity index (χ0v) is 33.1. The normalized spacial score (nSPS) is 16.1. The van der Waals surface area contributed by atoms with E-state index in [-0.39, 0.29) is 35.1 Å². The van der Waals surface area contributed by atoms with Crippen molar-refractivity contribution in [2.75, 3.05) is 19.6 Å². The molecule has 1 aliphatic heterocycles. The Balaban J connectivity index is 1.46. The molecule has 0 spiro atoms. The van der Waals surface area contributed by atoms with Crippen LogP contribution in [0.15, 0.2) is 152 Å². The van der Waals surface area contributed by atoms with Crippen LogP contribution >= 0.6 is 11.8 Å². The van der Waals surface area contributed by atoms with Crippen LogP contribution in [0.2, 0.25) is 0 Å². The molecule has 6 heteroatoms. The second-order valence-corrected chi connectivity index (χ2v) is 17.2. The van der Waals surface area contributed by atoms with Crippen molar-refractivity contribution < 1.29 is 14.3 Å². The van der Waals surface area contributed by atoms with E-state index in [1.54, 1.807) is 0 Å². The van der Waals surface area contributed by atoms with Gasteiger partial charge in [-0.05, 0) is 60.9 Å². The maximum atomic E-state index is 14.5. The fourth-order valence-corrected chi connectivity index (χ4v) is 9.54. The van der Waals surface area contributed by atoms with Crippen LogP contribution in [0, 0.1) is 5.92 Å². The van der Waals surface area contributed by atoms with E-state index in [0.29, 0.717) is 26.1 Å². The molecule has 2 amide bonds. The lowest BCUT2D eigenvalue weighted by molar-refractivity contribution is -0.132. The van der Waals surface area contributed by atoms with Gasteiger partial charge in [-0.15, -0.1) is 11.8 Å². The lowest BCUT2D eigenvalue weighted by Gasteiger charge is -2.41. The topological polar surface area (TPSA) is 49.9 Å². The number of hydrogen-bond donors (Lipinski definition) is 0. The first-order valence-corrected chi connectivity index (χ1v) is 20.1. The highest BCUT2D eigenvalue weighted by molar-refractivity contribution is 8.01. The Morgan fingerprint density at radius 1 is 0.704 bits per heavy atom. The molecule has 0 radical (unpaired) electrons. The molecule has 1 fully saturated rings. The van der Waals surface area contributed by atoms with Gasteiger partial charge in [-0.3, -0.25) is 4.79 Å². The molecule has 0 saturated carbocycles. The average Bonchev–Trinajstić information content (AvgIpc) is 3.58. The summed E-state index contributed by atoms with van der Waals surface area (Å²) in [6, 6.07) is 52.7. The van der Waals surface area contributed by atoms with Crippen molar-refractivity contribution in [3.8, 4) is 0 Å². The van der Waals surface area contributed by atoms with E-state index in [4.69, 9.17) is 4.74 Å². The number of carbonyl (C=O) groups is 2. The highest BCUT2D eigenvalue weighted by Crippen LogP contribution is 2.53. The molecule has 0 bridgehead atoms. The summed E-state index contributed by atoms with van der Waals surface area (Å²) in [5.74, 6) is 0.245. The third kappa shape index (κ3) is 9.27. The summed E-state index contributed by atoms with van der Waals surface area (Å²) < 4.78 is 5.50. The number of thioether (sulfide) groups is 1. The minimum Gasteiger partial charge on any atom is -0.444 e. The van der Waals surface area contributed by atoms with Gasteiger partial charge in [0, 0.05) is 37.2 Å². The summed E-state index contributed by atoms with van der Waals surface area (Å²) >= 11 is 1.90. The predicted octanol–water partition coefficient (Wildman–Crippen LogP) is 10.8. The van der Waals surface area contributed by atoms with E-state index < -0.39 is 10.3 Å². The summed E-state index contributed by atoms with van der Waals surface area (Å²) in [4.78, 5) is 32.6. The quantitative estimate of drug-likeness (QED) is 0.113. The first kappa shape index (κ1) is 38.9. The minimum absolute atomic E-state index is 0.0283. The molecule has 0 N–H and O–H groups in total. The van der Waals surface area contributed by atoms with Crippen LogP contribution < -0.4 is 0 Å². The van der Waals surface area contributed by atoms with Gasteiger partial charge in [0.1, 0.15) is 5.60 Å². The van der Waals surface area contributed by atoms with E-state index >= 15 is 0 Å². The van der Waals surface area contributed by atoms with Gasteiger partial charge >= 0.3 is 6.09 Å². The third-order valence-electron chi connectivity index (χ3n) is 10.1. The Kier molecular flexibility index (Phi) is 12.6. The maximum Gasteiger partial charge on any atom is 0.410 e. The minimum atomic E-state index is -0.659. The van der Waals surface area contributed by atoms with Crippen LogP contribution in [-0.2, 0) is 14.3 Å². The van der Waals surface area contributed by atoms with Gasteiger partial charge < -0.3 is 14.5 Å². The summed E-state index contributed by atoms with van der Waals surface area (Å²) in [6.07, 6.45) is 0.852. The number of benzene rings is 5. The summed E-state index contributed by atoms with van der Waals surface area (Å²) in [5, 5.41) is -0.0283. The molecule has 5 aromatic carbocycles. The molecule has 6 rings (SSSR count). The Labute approximate surface area is 326 Å². The van der Waals surface area contributed by atoms with Crippen molar-refractivity contribution in [2.45, 2.75) is 75.0 Å². The number of rotatable bonds is 13. The highest BCUT2D eigenvalue weighted by atomic mass is 32.2. The largest absolute Gasteiger partial charge is 0.444 e. The molecule has 1 aliphatic rings. The number of hydrogen-bond acceptors (Lipinski definition) is 4. The smallest absolute Gasteiger partial charge is 0.410 e. The molecular formula is C48H54N2O3S. The molecule has 2 atom stereocenters. The number of nitrogens with zero attached hydrogens (tertiary/aromatic N) is 2. The molecule has 1 saturated heterocycles. The predicted molar refractivity (Wildman–Crippen MR) is 223 cm³/mol. The van der Waals surface area contributed by atoms with E-state index in [0.717, 1.165) is 17.5 Å². The Hall–Kier alpha value is -4.81. The van der Waals surface area contributed by atoms with Gasteiger partial charge in [0.2, 0.25) is 5.91 Å². The molecule has 0 aromatic heterocycles. The summed E-state index contributed by atoms with van der Waals surface area (Å²) in [7, 11) is 0. The van der Waals surface area contributed by atoms with Crippen molar-refractivity contribution in [1.82, 2.24) is 9.80 Å². The van der Waals surface area contributed by atoms with Gasteiger partial charge in [-0.25, -0.2) is 4.79 Å². The fourth-order valence-electron chi connectivity index (χ4n) is 7.65. The SMILES string of the molecule is CC(C)CC(=O)N(CC(c1ccccc1)c1ccccc1)C[C@H]1[C@@H](SC(c2ccccc2)(c2ccccc2)c2ccccc2)CCN1C(=O)OC(C)(C)C. The Morgan fingerprint density at radius 2 is 1.13 bits per heavy atom. The van der Waals surface area contributed by atoms with E-state index in [1.807, 2.05) is 54.5 Å². The number of ether oxygens (including phenoxy) is 1. The lowest BCUT2D eigenvalue weighted by atomic mass is 9.84. The van der Waals surface area contributed by atoms with Crippen molar-refractivity contribution in [3.63, 3.8) is 0 Å². The molecule has 0 aliphatic carbocycles.